The monoisotopic (exact) mass is 322 g/mol. The summed E-state index contributed by atoms with van der Waals surface area (Å²) in [5.41, 5.74) is 3.92. The number of hydrogen-bond donors (Lipinski definition) is 1. The van der Waals surface area contributed by atoms with Crippen LogP contribution in [0.3, 0.4) is 0 Å². The molecular weight excluding hydrogens is 304 g/mol. The highest BCUT2D eigenvalue weighted by atomic mass is 32.1. The molecule has 0 aliphatic heterocycles. The molecule has 0 spiro atoms. The SMILES string of the molecule is CCc1ccccc1NC(=O)Cc1csc(-c2ccccc2)n1. The van der Waals surface area contributed by atoms with Crippen molar-refractivity contribution in [2.75, 3.05) is 5.32 Å². The van der Waals surface area contributed by atoms with Gasteiger partial charge in [0.05, 0.1) is 12.1 Å². The van der Waals surface area contributed by atoms with Crippen LogP contribution in [0.4, 0.5) is 5.69 Å². The average molecular weight is 322 g/mol. The van der Waals surface area contributed by atoms with Gasteiger partial charge in [0.25, 0.3) is 0 Å². The first-order valence-electron chi connectivity index (χ1n) is 7.64. The predicted octanol–water partition coefficient (Wildman–Crippen LogP) is 4.55. The summed E-state index contributed by atoms with van der Waals surface area (Å²) < 4.78 is 0. The molecule has 1 N–H and O–H groups in total. The fourth-order valence-corrected chi connectivity index (χ4v) is 3.24. The Labute approximate surface area is 140 Å². The number of aromatic nitrogens is 1. The molecule has 23 heavy (non-hydrogen) atoms. The van der Waals surface area contributed by atoms with Gasteiger partial charge in [-0.25, -0.2) is 4.98 Å². The topological polar surface area (TPSA) is 42.0 Å². The van der Waals surface area contributed by atoms with Crippen molar-refractivity contribution in [3.05, 3.63) is 71.2 Å². The lowest BCUT2D eigenvalue weighted by Crippen LogP contribution is -2.15. The highest BCUT2D eigenvalue weighted by molar-refractivity contribution is 7.13. The van der Waals surface area contributed by atoms with E-state index in [0.717, 1.165) is 33.9 Å². The van der Waals surface area contributed by atoms with Crippen molar-refractivity contribution < 1.29 is 4.79 Å². The van der Waals surface area contributed by atoms with Crippen LogP contribution in [0.15, 0.2) is 60.0 Å². The van der Waals surface area contributed by atoms with Crippen LogP contribution in [0.2, 0.25) is 0 Å². The normalized spacial score (nSPS) is 10.5. The van der Waals surface area contributed by atoms with E-state index in [-0.39, 0.29) is 5.91 Å². The number of nitrogens with zero attached hydrogens (tertiary/aromatic N) is 1. The smallest absolute Gasteiger partial charge is 0.230 e. The summed E-state index contributed by atoms with van der Waals surface area (Å²) in [6.07, 6.45) is 1.19. The maximum Gasteiger partial charge on any atom is 0.230 e. The molecule has 1 heterocycles. The Kier molecular flexibility index (Phi) is 4.83. The maximum absolute atomic E-state index is 12.2. The standard InChI is InChI=1S/C19H18N2OS/c1-2-14-8-6-7-11-17(14)21-18(22)12-16-13-23-19(20-16)15-9-4-3-5-10-15/h3-11,13H,2,12H2,1H3,(H,21,22). The summed E-state index contributed by atoms with van der Waals surface area (Å²) in [5, 5.41) is 5.88. The third-order valence-electron chi connectivity index (χ3n) is 3.59. The number of rotatable bonds is 5. The second kappa shape index (κ2) is 7.20. The molecule has 0 bridgehead atoms. The number of amides is 1. The van der Waals surface area contributed by atoms with Gasteiger partial charge in [-0.2, -0.15) is 0 Å². The van der Waals surface area contributed by atoms with Gasteiger partial charge in [-0.15, -0.1) is 11.3 Å². The number of benzene rings is 2. The van der Waals surface area contributed by atoms with Gasteiger partial charge in [0.2, 0.25) is 5.91 Å². The molecule has 3 nitrogen and oxygen atoms in total. The molecule has 3 aromatic rings. The summed E-state index contributed by atoms with van der Waals surface area (Å²) in [6, 6.07) is 17.9. The van der Waals surface area contributed by atoms with E-state index in [4.69, 9.17) is 0 Å². The molecule has 3 rings (SSSR count). The van der Waals surface area contributed by atoms with Crippen LogP contribution >= 0.6 is 11.3 Å². The molecule has 0 aliphatic rings. The van der Waals surface area contributed by atoms with Gasteiger partial charge in [0.15, 0.2) is 0 Å². The zero-order valence-electron chi connectivity index (χ0n) is 13.0. The molecule has 0 atom stereocenters. The van der Waals surface area contributed by atoms with Crippen LogP contribution in [0.5, 0.6) is 0 Å². The van der Waals surface area contributed by atoms with E-state index in [9.17, 15) is 4.79 Å². The van der Waals surface area contributed by atoms with Crippen molar-refractivity contribution in [1.82, 2.24) is 4.98 Å². The van der Waals surface area contributed by atoms with E-state index >= 15 is 0 Å². The van der Waals surface area contributed by atoms with E-state index in [1.165, 1.54) is 0 Å². The Bertz CT molecular complexity index is 796. The summed E-state index contributed by atoms with van der Waals surface area (Å²) >= 11 is 1.57. The average Bonchev–Trinajstić information content (AvgIpc) is 3.04. The third-order valence-corrected chi connectivity index (χ3v) is 4.53. The Morgan fingerprint density at radius 3 is 2.61 bits per heavy atom. The van der Waals surface area contributed by atoms with Gasteiger partial charge in [-0.3, -0.25) is 4.79 Å². The first-order valence-corrected chi connectivity index (χ1v) is 8.52. The molecule has 1 aromatic heterocycles. The molecular formula is C19H18N2OS. The minimum atomic E-state index is -0.0317. The number of carbonyl (C=O) groups excluding carboxylic acids is 1. The molecule has 1 amide bonds. The summed E-state index contributed by atoms with van der Waals surface area (Å²) in [6.45, 7) is 2.08. The molecule has 0 unspecified atom stereocenters. The van der Waals surface area contributed by atoms with Crippen LogP contribution in [-0.2, 0) is 17.6 Å². The summed E-state index contributed by atoms with van der Waals surface area (Å²) in [5.74, 6) is -0.0317. The molecule has 0 saturated heterocycles. The van der Waals surface area contributed by atoms with Crippen LogP contribution in [0, 0.1) is 0 Å². The van der Waals surface area contributed by atoms with Gasteiger partial charge in [-0.1, -0.05) is 55.5 Å². The number of thiazole rings is 1. The minimum Gasteiger partial charge on any atom is -0.325 e. The largest absolute Gasteiger partial charge is 0.325 e. The van der Waals surface area contributed by atoms with Gasteiger partial charge in [0, 0.05) is 16.6 Å². The lowest BCUT2D eigenvalue weighted by Gasteiger charge is -2.08. The number of hydrogen-bond acceptors (Lipinski definition) is 3. The summed E-state index contributed by atoms with van der Waals surface area (Å²) in [7, 11) is 0. The lowest BCUT2D eigenvalue weighted by molar-refractivity contribution is -0.115. The zero-order chi connectivity index (χ0) is 16.1. The van der Waals surface area contributed by atoms with Crippen molar-refractivity contribution in [3.8, 4) is 10.6 Å². The van der Waals surface area contributed by atoms with Crippen molar-refractivity contribution in [1.29, 1.82) is 0 Å². The molecule has 0 radical (unpaired) electrons. The molecule has 0 saturated carbocycles. The van der Waals surface area contributed by atoms with E-state index in [2.05, 4.69) is 17.2 Å². The Balaban J connectivity index is 1.68. The quantitative estimate of drug-likeness (QED) is 0.748. The first-order chi connectivity index (χ1) is 11.3. The van der Waals surface area contributed by atoms with Crippen molar-refractivity contribution >= 4 is 22.9 Å². The predicted molar refractivity (Wildman–Crippen MR) is 95.7 cm³/mol. The fraction of sp³-hybridized carbons (Fsp3) is 0.158. The van der Waals surface area contributed by atoms with E-state index < -0.39 is 0 Å². The zero-order valence-corrected chi connectivity index (χ0v) is 13.8. The molecule has 0 aliphatic carbocycles. The molecule has 2 aromatic carbocycles. The maximum atomic E-state index is 12.2. The molecule has 116 valence electrons. The molecule has 0 fully saturated rings. The van der Waals surface area contributed by atoms with Crippen LogP contribution in [0.1, 0.15) is 18.2 Å². The van der Waals surface area contributed by atoms with Gasteiger partial charge in [0.1, 0.15) is 5.01 Å². The molecule has 4 heteroatoms. The second-order valence-electron chi connectivity index (χ2n) is 5.25. The Hall–Kier alpha value is -2.46. The summed E-state index contributed by atoms with van der Waals surface area (Å²) in [4.78, 5) is 16.8. The van der Waals surface area contributed by atoms with Gasteiger partial charge in [-0.05, 0) is 18.1 Å². The third kappa shape index (κ3) is 3.85. The first kappa shape index (κ1) is 15.4. The highest BCUT2D eigenvalue weighted by Crippen LogP contribution is 2.23. The second-order valence-corrected chi connectivity index (χ2v) is 6.10. The van der Waals surface area contributed by atoms with E-state index in [1.54, 1.807) is 11.3 Å². The van der Waals surface area contributed by atoms with E-state index in [0.29, 0.717) is 6.42 Å². The number of aryl methyl sites for hydroxylation is 1. The Morgan fingerprint density at radius 1 is 1.09 bits per heavy atom. The number of anilines is 1. The van der Waals surface area contributed by atoms with Gasteiger partial charge >= 0.3 is 0 Å². The number of para-hydroxylation sites is 1. The van der Waals surface area contributed by atoms with Crippen LogP contribution in [-0.4, -0.2) is 10.9 Å². The van der Waals surface area contributed by atoms with Crippen molar-refractivity contribution in [2.45, 2.75) is 19.8 Å². The van der Waals surface area contributed by atoms with E-state index in [1.807, 2.05) is 60.0 Å². The van der Waals surface area contributed by atoms with Crippen molar-refractivity contribution in [2.24, 2.45) is 0 Å². The number of nitrogens with one attached hydrogen (secondary N) is 1. The number of carbonyl (C=O) groups is 1. The minimum absolute atomic E-state index is 0.0317. The van der Waals surface area contributed by atoms with Crippen LogP contribution in [0.25, 0.3) is 10.6 Å². The highest BCUT2D eigenvalue weighted by Gasteiger charge is 2.10. The fourth-order valence-electron chi connectivity index (χ4n) is 2.41. The Morgan fingerprint density at radius 2 is 1.83 bits per heavy atom. The van der Waals surface area contributed by atoms with Gasteiger partial charge < -0.3 is 5.32 Å². The van der Waals surface area contributed by atoms with Crippen molar-refractivity contribution in [3.63, 3.8) is 0 Å². The van der Waals surface area contributed by atoms with Crippen LogP contribution < -0.4 is 5.32 Å². The lowest BCUT2D eigenvalue weighted by atomic mass is 10.1.